The Bertz CT molecular complexity index is 617. The van der Waals surface area contributed by atoms with E-state index in [1.165, 1.54) is 0 Å². The molecule has 0 aromatic heterocycles. The number of phenolic OH excluding ortho intramolecular Hbond substituents is 1. The Labute approximate surface area is 149 Å². The number of benzene rings is 1. The maximum absolute atomic E-state index is 11.1. The van der Waals surface area contributed by atoms with Crippen molar-refractivity contribution in [3.05, 3.63) is 29.3 Å². The Morgan fingerprint density at radius 2 is 1.36 bits per heavy atom. The van der Waals surface area contributed by atoms with E-state index in [1.54, 1.807) is 33.8 Å². The molecule has 0 heterocycles. The van der Waals surface area contributed by atoms with E-state index in [0.717, 1.165) is 24.0 Å². The predicted molar refractivity (Wildman–Crippen MR) is 96.8 cm³/mol. The third-order valence-electron chi connectivity index (χ3n) is 4.82. The zero-order valence-electron chi connectivity index (χ0n) is 15.6. The van der Waals surface area contributed by atoms with E-state index in [1.807, 2.05) is 12.1 Å². The minimum absolute atomic E-state index is 0.225. The van der Waals surface area contributed by atoms with Crippen LogP contribution in [0.15, 0.2) is 18.2 Å². The molecule has 0 aliphatic rings. The molecule has 0 radical (unpaired) electrons. The van der Waals surface area contributed by atoms with E-state index in [4.69, 9.17) is 10.2 Å². The van der Waals surface area contributed by atoms with Crippen LogP contribution in [-0.2, 0) is 22.4 Å². The first-order chi connectivity index (χ1) is 11.5. The van der Waals surface area contributed by atoms with Gasteiger partial charge in [-0.3, -0.25) is 9.59 Å². The van der Waals surface area contributed by atoms with Crippen LogP contribution < -0.4 is 0 Å². The average molecular weight is 350 g/mol. The summed E-state index contributed by atoms with van der Waals surface area (Å²) in [5.41, 5.74) is 0.375. The lowest BCUT2D eigenvalue weighted by Crippen LogP contribution is -2.23. The molecule has 0 saturated heterocycles. The van der Waals surface area contributed by atoms with Gasteiger partial charge in [0.05, 0.1) is 10.8 Å². The van der Waals surface area contributed by atoms with Crippen molar-refractivity contribution in [1.29, 1.82) is 0 Å². The molecule has 0 unspecified atom stereocenters. The molecule has 1 aromatic rings. The lowest BCUT2D eigenvalue weighted by Gasteiger charge is -2.19. The van der Waals surface area contributed by atoms with Gasteiger partial charge in [0.1, 0.15) is 5.75 Å². The van der Waals surface area contributed by atoms with Gasteiger partial charge in [-0.15, -0.1) is 0 Å². The molecular weight excluding hydrogens is 320 g/mol. The molecule has 5 nitrogen and oxygen atoms in total. The van der Waals surface area contributed by atoms with Crippen molar-refractivity contribution in [2.45, 2.75) is 66.2 Å². The summed E-state index contributed by atoms with van der Waals surface area (Å²) in [5.74, 6) is -1.38. The van der Waals surface area contributed by atoms with Crippen LogP contribution in [0.2, 0.25) is 0 Å². The van der Waals surface area contributed by atoms with Gasteiger partial charge in [-0.1, -0.05) is 12.1 Å². The molecule has 0 aliphatic carbocycles. The van der Waals surface area contributed by atoms with Gasteiger partial charge in [0.15, 0.2) is 0 Å². The molecule has 5 heteroatoms. The van der Waals surface area contributed by atoms with Crippen molar-refractivity contribution < 1.29 is 24.9 Å². The van der Waals surface area contributed by atoms with Crippen LogP contribution in [0.4, 0.5) is 0 Å². The first-order valence-corrected chi connectivity index (χ1v) is 8.73. The van der Waals surface area contributed by atoms with Crippen LogP contribution in [0.1, 0.15) is 64.5 Å². The molecule has 0 spiro atoms. The highest BCUT2D eigenvalue weighted by Gasteiger charge is 2.27. The van der Waals surface area contributed by atoms with E-state index in [-0.39, 0.29) is 5.75 Å². The molecule has 1 aromatic carbocycles. The SMILES string of the molecule is CC(C)(CCCc1ccc(O)c(CCCC(C)(C)C(=O)O)c1)C(=O)O. The highest BCUT2D eigenvalue weighted by Crippen LogP contribution is 2.28. The molecule has 25 heavy (non-hydrogen) atoms. The Hall–Kier alpha value is -2.04. The maximum atomic E-state index is 11.1. The number of carboxylic acid groups (broad SMARTS) is 2. The highest BCUT2D eigenvalue weighted by molar-refractivity contribution is 5.73. The van der Waals surface area contributed by atoms with Crippen molar-refractivity contribution in [2.24, 2.45) is 10.8 Å². The third-order valence-corrected chi connectivity index (χ3v) is 4.82. The Morgan fingerprint density at radius 3 is 1.84 bits per heavy atom. The lowest BCUT2D eigenvalue weighted by molar-refractivity contribution is -0.148. The Morgan fingerprint density at radius 1 is 0.880 bits per heavy atom. The van der Waals surface area contributed by atoms with Crippen molar-refractivity contribution in [1.82, 2.24) is 0 Å². The van der Waals surface area contributed by atoms with E-state index < -0.39 is 22.8 Å². The average Bonchev–Trinajstić information content (AvgIpc) is 2.49. The summed E-state index contributed by atoms with van der Waals surface area (Å²) in [5, 5.41) is 28.3. The molecule has 140 valence electrons. The molecule has 0 atom stereocenters. The topological polar surface area (TPSA) is 94.8 Å². The smallest absolute Gasteiger partial charge is 0.309 e. The largest absolute Gasteiger partial charge is 0.508 e. The second-order valence-corrected chi connectivity index (χ2v) is 8.05. The number of phenols is 1. The van der Waals surface area contributed by atoms with Crippen molar-refractivity contribution in [3.8, 4) is 5.75 Å². The van der Waals surface area contributed by atoms with Gasteiger partial charge in [0.2, 0.25) is 0 Å². The zero-order chi connectivity index (χ0) is 19.3. The molecule has 1 rings (SSSR count). The van der Waals surface area contributed by atoms with E-state index >= 15 is 0 Å². The summed E-state index contributed by atoms with van der Waals surface area (Å²) in [4.78, 5) is 22.3. The van der Waals surface area contributed by atoms with Crippen LogP contribution in [0.25, 0.3) is 0 Å². The van der Waals surface area contributed by atoms with E-state index in [9.17, 15) is 14.7 Å². The Balaban J connectivity index is 2.61. The molecule has 0 aliphatic heterocycles. The summed E-state index contributed by atoms with van der Waals surface area (Å²) in [6, 6.07) is 5.46. The second-order valence-electron chi connectivity index (χ2n) is 8.05. The van der Waals surface area contributed by atoms with Gasteiger partial charge in [-0.25, -0.2) is 0 Å². The number of hydrogen-bond acceptors (Lipinski definition) is 3. The van der Waals surface area contributed by atoms with E-state index in [2.05, 4.69) is 0 Å². The fourth-order valence-electron chi connectivity index (χ4n) is 2.66. The van der Waals surface area contributed by atoms with Crippen LogP contribution in [0.3, 0.4) is 0 Å². The molecule has 0 saturated carbocycles. The summed E-state index contributed by atoms with van der Waals surface area (Å²) in [7, 11) is 0. The van der Waals surface area contributed by atoms with Gasteiger partial charge in [0, 0.05) is 0 Å². The molecule has 0 amide bonds. The second kappa shape index (κ2) is 8.37. The first-order valence-electron chi connectivity index (χ1n) is 8.73. The lowest BCUT2D eigenvalue weighted by atomic mass is 9.86. The summed E-state index contributed by atoms with van der Waals surface area (Å²) in [6.45, 7) is 6.86. The summed E-state index contributed by atoms with van der Waals surface area (Å²) >= 11 is 0. The summed E-state index contributed by atoms with van der Waals surface area (Å²) < 4.78 is 0. The van der Waals surface area contributed by atoms with Crippen LogP contribution in [0.5, 0.6) is 5.75 Å². The van der Waals surface area contributed by atoms with Crippen LogP contribution in [-0.4, -0.2) is 27.3 Å². The minimum Gasteiger partial charge on any atom is -0.508 e. The zero-order valence-corrected chi connectivity index (χ0v) is 15.6. The van der Waals surface area contributed by atoms with Crippen LogP contribution in [0, 0.1) is 10.8 Å². The molecule has 3 N–H and O–H groups in total. The number of aromatic hydroxyl groups is 1. The molecule has 0 fully saturated rings. The van der Waals surface area contributed by atoms with Gasteiger partial charge < -0.3 is 15.3 Å². The van der Waals surface area contributed by atoms with E-state index in [0.29, 0.717) is 25.7 Å². The van der Waals surface area contributed by atoms with Crippen LogP contribution >= 0.6 is 0 Å². The van der Waals surface area contributed by atoms with Crippen molar-refractivity contribution in [3.63, 3.8) is 0 Å². The normalized spacial score (nSPS) is 12.2. The van der Waals surface area contributed by atoms with Gasteiger partial charge in [0.25, 0.3) is 0 Å². The number of aryl methyl sites for hydroxylation is 2. The Kier molecular flexibility index (Phi) is 7.03. The van der Waals surface area contributed by atoms with Gasteiger partial charge in [-0.05, 0) is 83.4 Å². The van der Waals surface area contributed by atoms with Crippen molar-refractivity contribution >= 4 is 11.9 Å². The first kappa shape index (κ1) is 21.0. The summed E-state index contributed by atoms with van der Waals surface area (Å²) in [6.07, 6.45) is 3.95. The third kappa shape index (κ3) is 6.40. The van der Waals surface area contributed by atoms with Gasteiger partial charge >= 0.3 is 11.9 Å². The number of rotatable bonds is 10. The van der Waals surface area contributed by atoms with Gasteiger partial charge in [-0.2, -0.15) is 0 Å². The maximum Gasteiger partial charge on any atom is 0.309 e. The monoisotopic (exact) mass is 350 g/mol. The van der Waals surface area contributed by atoms with Crippen molar-refractivity contribution in [2.75, 3.05) is 0 Å². The molecular formula is C20H30O5. The highest BCUT2D eigenvalue weighted by atomic mass is 16.4. The standard InChI is InChI=1S/C20H30O5/c1-19(2,17(22)23)11-5-7-14-9-10-16(21)15(13-14)8-6-12-20(3,4)18(24)25/h9-10,13,21H,5-8,11-12H2,1-4H3,(H,22,23)(H,24,25). The number of hydrogen-bond donors (Lipinski definition) is 3. The number of carbonyl (C=O) groups is 2. The predicted octanol–water partition coefficient (Wildman–Crippen LogP) is 4.26. The number of carboxylic acids is 2. The fourth-order valence-corrected chi connectivity index (χ4v) is 2.66. The number of aliphatic carboxylic acids is 2. The quantitative estimate of drug-likeness (QED) is 0.586. The fraction of sp³-hybridized carbons (Fsp3) is 0.600. The minimum atomic E-state index is -0.813. The molecule has 0 bridgehead atoms.